The molecule has 0 unspecified atom stereocenters. The summed E-state index contributed by atoms with van der Waals surface area (Å²) < 4.78 is 0. The molecule has 2 amide bonds. The van der Waals surface area contributed by atoms with Crippen LogP contribution in [-0.2, 0) is 9.59 Å². The largest absolute Gasteiger partial charge is 0.356 e. The molecule has 5 heteroatoms. The Morgan fingerprint density at radius 3 is 2.52 bits per heavy atom. The molecule has 0 bridgehead atoms. The Labute approximate surface area is 127 Å². The molecule has 1 aliphatic heterocycles. The average Bonchev–Trinajstić information content (AvgIpc) is 3.34. The molecule has 2 aliphatic rings. The molecule has 1 aliphatic carbocycles. The maximum absolute atomic E-state index is 12.4. The van der Waals surface area contributed by atoms with E-state index in [1.165, 1.54) is 0 Å². The summed E-state index contributed by atoms with van der Waals surface area (Å²) in [4.78, 5) is 26.0. The standard InChI is InChI=1S/C16H29N3O2/c1-2-12-19(14-7-10-17-11-8-14)15(20)4-3-9-18-16(21)13-5-6-13/h13-14,17H,2-12H2,1H3,(H,18,21). The molecule has 0 aromatic heterocycles. The monoisotopic (exact) mass is 295 g/mol. The molecule has 1 saturated carbocycles. The molecule has 21 heavy (non-hydrogen) atoms. The van der Waals surface area contributed by atoms with Crippen molar-refractivity contribution >= 4 is 11.8 Å². The highest BCUT2D eigenvalue weighted by Gasteiger charge is 2.29. The van der Waals surface area contributed by atoms with E-state index in [0.717, 1.165) is 58.2 Å². The summed E-state index contributed by atoms with van der Waals surface area (Å²) in [6.07, 6.45) is 6.50. The van der Waals surface area contributed by atoms with Gasteiger partial charge in [0.05, 0.1) is 0 Å². The third kappa shape index (κ3) is 5.30. The van der Waals surface area contributed by atoms with Crippen molar-refractivity contribution in [2.75, 3.05) is 26.2 Å². The van der Waals surface area contributed by atoms with Crippen molar-refractivity contribution in [3.63, 3.8) is 0 Å². The molecule has 0 aromatic carbocycles. The lowest BCUT2D eigenvalue weighted by molar-refractivity contribution is -0.134. The van der Waals surface area contributed by atoms with Gasteiger partial charge >= 0.3 is 0 Å². The normalized spacial score (nSPS) is 19.3. The first kappa shape index (κ1) is 16.3. The minimum absolute atomic E-state index is 0.172. The SMILES string of the molecule is CCCN(C(=O)CCCNC(=O)C1CC1)C1CCNCC1. The number of nitrogens with zero attached hydrogens (tertiary/aromatic N) is 1. The number of amides is 2. The van der Waals surface area contributed by atoms with Crippen LogP contribution in [0.2, 0.25) is 0 Å². The molecule has 1 saturated heterocycles. The Morgan fingerprint density at radius 2 is 1.90 bits per heavy atom. The van der Waals surface area contributed by atoms with Crippen molar-refractivity contribution < 1.29 is 9.59 Å². The van der Waals surface area contributed by atoms with Crippen LogP contribution in [0.5, 0.6) is 0 Å². The van der Waals surface area contributed by atoms with Crippen molar-refractivity contribution in [2.24, 2.45) is 5.92 Å². The van der Waals surface area contributed by atoms with Gasteiger partial charge in [-0.15, -0.1) is 0 Å². The molecule has 2 fully saturated rings. The third-order valence-electron chi connectivity index (χ3n) is 4.35. The predicted molar refractivity (Wildman–Crippen MR) is 82.9 cm³/mol. The van der Waals surface area contributed by atoms with Gasteiger partial charge in [-0.05, 0) is 51.6 Å². The van der Waals surface area contributed by atoms with Gasteiger partial charge in [-0.3, -0.25) is 9.59 Å². The van der Waals surface area contributed by atoms with Crippen molar-refractivity contribution in [3.05, 3.63) is 0 Å². The van der Waals surface area contributed by atoms with Gasteiger partial charge in [0.15, 0.2) is 0 Å². The Kier molecular flexibility index (Phi) is 6.49. The first-order chi connectivity index (χ1) is 10.2. The highest BCUT2D eigenvalue weighted by Crippen LogP contribution is 2.28. The minimum Gasteiger partial charge on any atom is -0.356 e. The van der Waals surface area contributed by atoms with Gasteiger partial charge in [0.1, 0.15) is 0 Å². The van der Waals surface area contributed by atoms with Gasteiger partial charge in [-0.2, -0.15) is 0 Å². The van der Waals surface area contributed by atoms with Gasteiger partial charge in [0, 0.05) is 31.5 Å². The van der Waals surface area contributed by atoms with Crippen LogP contribution in [0, 0.1) is 5.92 Å². The van der Waals surface area contributed by atoms with Gasteiger partial charge in [-0.1, -0.05) is 6.92 Å². The van der Waals surface area contributed by atoms with E-state index < -0.39 is 0 Å². The lowest BCUT2D eigenvalue weighted by Crippen LogP contribution is -2.46. The molecular formula is C16H29N3O2. The van der Waals surface area contributed by atoms with Gasteiger partial charge in [-0.25, -0.2) is 0 Å². The lowest BCUT2D eigenvalue weighted by atomic mass is 10.0. The zero-order chi connectivity index (χ0) is 15.1. The van der Waals surface area contributed by atoms with E-state index in [4.69, 9.17) is 0 Å². The summed E-state index contributed by atoms with van der Waals surface area (Å²) in [5.41, 5.74) is 0. The molecule has 0 spiro atoms. The van der Waals surface area contributed by atoms with E-state index in [-0.39, 0.29) is 17.7 Å². The summed E-state index contributed by atoms with van der Waals surface area (Å²) in [5, 5.41) is 6.28. The van der Waals surface area contributed by atoms with Gasteiger partial charge in [0.2, 0.25) is 11.8 Å². The van der Waals surface area contributed by atoms with Crippen LogP contribution in [0.3, 0.4) is 0 Å². The fourth-order valence-electron chi connectivity index (χ4n) is 2.95. The molecule has 1 heterocycles. The Bertz CT molecular complexity index is 349. The highest BCUT2D eigenvalue weighted by molar-refractivity contribution is 5.81. The van der Waals surface area contributed by atoms with Crippen LogP contribution in [0.25, 0.3) is 0 Å². The Morgan fingerprint density at radius 1 is 1.19 bits per heavy atom. The number of nitrogens with one attached hydrogen (secondary N) is 2. The number of hydrogen-bond donors (Lipinski definition) is 2. The minimum atomic E-state index is 0.172. The number of carbonyl (C=O) groups is 2. The van der Waals surface area contributed by atoms with E-state index in [9.17, 15) is 9.59 Å². The maximum atomic E-state index is 12.4. The first-order valence-electron chi connectivity index (χ1n) is 8.50. The van der Waals surface area contributed by atoms with Crippen molar-refractivity contribution in [1.29, 1.82) is 0 Å². The Hall–Kier alpha value is -1.10. The fraction of sp³-hybridized carbons (Fsp3) is 0.875. The summed E-state index contributed by atoms with van der Waals surface area (Å²) in [6.45, 7) is 5.63. The molecular weight excluding hydrogens is 266 g/mol. The van der Waals surface area contributed by atoms with Crippen LogP contribution in [0.15, 0.2) is 0 Å². The van der Waals surface area contributed by atoms with Crippen molar-refractivity contribution in [1.82, 2.24) is 15.5 Å². The van der Waals surface area contributed by atoms with Crippen LogP contribution in [0.4, 0.5) is 0 Å². The van der Waals surface area contributed by atoms with Gasteiger partial charge < -0.3 is 15.5 Å². The second kappa shape index (κ2) is 8.37. The van der Waals surface area contributed by atoms with Crippen LogP contribution in [0.1, 0.15) is 51.9 Å². The second-order valence-corrected chi connectivity index (χ2v) is 6.24. The second-order valence-electron chi connectivity index (χ2n) is 6.24. The third-order valence-corrected chi connectivity index (χ3v) is 4.35. The zero-order valence-electron chi connectivity index (χ0n) is 13.2. The highest BCUT2D eigenvalue weighted by atomic mass is 16.2. The Balaban J connectivity index is 1.68. The van der Waals surface area contributed by atoms with E-state index in [1.807, 2.05) is 0 Å². The summed E-state index contributed by atoms with van der Waals surface area (Å²) in [7, 11) is 0. The summed E-state index contributed by atoms with van der Waals surface area (Å²) in [5.74, 6) is 0.683. The smallest absolute Gasteiger partial charge is 0.223 e. The molecule has 2 N–H and O–H groups in total. The molecule has 0 aromatic rings. The van der Waals surface area contributed by atoms with Crippen LogP contribution >= 0.6 is 0 Å². The molecule has 120 valence electrons. The molecule has 2 rings (SSSR count). The van der Waals surface area contributed by atoms with Crippen molar-refractivity contribution in [2.45, 2.75) is 57.9 Å². The topological polar surface area (TPSA) is 61.4 Å². The van der Waals surface area contributed by atoms with Gasteiger partial charge in [0.25, 0.3) is 0 Å². The summed E-state index contributed by atoms with van der Waals surface area (Å²) in [6, 6.07) is 0.403. The number of piperidine rings is 1. The summed E-state index contributed by atoms with van der Waals surface area (Å²) >= 11 is 0. The van der Waals surface area contributed by atoms with E-state index in [1.54, 1.807) is 0 Å². The zero-order valence-corrected chi connectivity index (χ0v) is 13.2. The van der Waals surface area contributed by atoms with Crippen molar-refractivity contribution in [3.8, 4) is 0 Å². The lowest BCUT2D eigenvalue weighted by Gasteiger charge is -2.34. The quantitative estimate of drug-likeness (QED) is 0.663. The van der Waals surface area contributed by atoms with E-state index in [2.05, 4.69) is 22.5 Å². The number of carbonyl (C=O) groups excluding carboxylic acids is 2. The maximum Gasteiger partial charge on any atom is 0.223 e. The number of hydrogen-bond acceptors (Lipinski definition) is 3. The molecule has 0 atom stereocenters. The number of rotatable bonds is 8. The average molecular weight is 295 g/mol. The fourth-order valence-corrected chi connectivity index (χ4v) is 2.95. The molecule has 5 nitrogen and oxygen atoms in total. The van der Waals surface area contributed by atoms with Crippen LogP contribution < -0.4 is 10.6 Å². The molecule has 0 radical (unpaired) electrons. The van der Waals surface area contributed by atoms with Crippen LogP contribution in [-0.4, -0.2) is 48.9 Å². The van der Waals surface area contributed by atoms with E-state index >= 15 is 0 Å². The first-order valence-corrected chi connectivity index (χ1v) is 8.50. The predicted octanol–water partition coefficient (Wildman–Crippen LogP) is 1.28. The van der Waals surface area contributed by atoms with E-state index in [0.29, 0.717) is 19.0 Å².